The van der Waals surface area contributed by atoms with Crippen molar-refractivity contribution >= 4 is 5.91 Å². The first-order valence-electron chi connectivity index (χ1n) is 10.7. The van der Waals surface area contributed by atoms with E-state index in [4.69, 9.17) is 9.47 Å². The lowest BCUT2D eigenvalue weighted by molar-refractivity contribution is -0.121. The van der Waals surface area contributed by atoms with Crippen LogP contribution in [0, 0.1) is 18.6 Å². The molecule has 1 aromatic heterocycles. The molecule has 1 amide bonds. The summed E-state index contributed by atoms with van der Waals surface area (Å²) in [6.45, 7) is 3.03. The normalized spacial score (nSPS) is 15.7. The van der Waals surface area contributed by atoms with Gasteiger partial charge in [0.2, 0.25) is 11.8 Å². The fourth-order valence-electron chi connectivity index (χ4n) is 3.68. The molecule has 4 rings (SSSR count). The van der Waals surface area contributed by atoms with E-state index >= 15 is 0 Å². The van der Waals surface area contributed by atoms with Crippen molar-refractivity contribution < 1.29 is 23.0 Å². The molecule has 1 fully saturated rings. The van der Waals surface area contributed by atoms with E-state index in [2.05, 4.69) is 10.4 Å². The van der Waals surface area contributed by atoms with Crippen molar-refractivity contribution in [1.29, 1.82) is 0 Å². The number of rotatable bonds is 8. The van der Waals surface area contributed by atoms with Gasteiger partial charge in [0.1, 0.15) is 5.82 Å². The van der Waals surface area contributed by atoms with E-state index in [1.807, 2.05) is 0 Å². The number of nitrogens with one attached hydrogen (secondary N) is 1. The molecule has 8 heteroatoms. The van der Waals surface area contributed by atoms with Crippen LogP contribution >= 0.6 is 0 Å². The number of hydrogen-bond acceptors (Lipinski definition) is 4. The summed E-state index contributed by atoms with van der Waals surface area (Å²) in [4.78, 5) is 12.4. The summed E-state index contributed by atoms with van der Waals surface area (Å²) in [7, 11) is 0. The van der Waals surface area contributed by atoms with Gasteiger partial charge >= 0.3 is 0 Å². The molecule has 1 saturated heterocycles. The van der Waals surface area contributed by atoms with Crippen LogP contribution in [-0.2, 0) is 16.0 Å². The van der Waals surface area contributed by atoms with Crippen molar-refractivity contribution in [3.8, 4) is 17.3 Å². The summed E-state index contributed by atoms with van der Waals surface area (Å²) in [6, 6.07) is 11.8. The van der Waals surface area contributed by atoms with E-state index < -0.39 is 5.82 Å². The number of ether oxygens (including phenoxy) is 2. The maximum absolute atomic E-state index is 14.3. The fourth-order valence-corrected chi connectivity index (χ4v) is 3.68. The van der Waals surface area contributed by atoms with Gasteiger partial charge in [-0.3, -0.25) is 4.79 Å². The molecule has 0 bridgehead atoms. The SMILES string of the molecule is Cc1nn(-c2ccc(F)cc2)c(Oc2ccccc2F)c1CCC(=O)NC[C@@H]1CCCO1. The summed E-state index contributed by atoms with van der Waals surface area (Å²) in [6.07, 6.45) is 2.61. The highest BCUT2D eigenvalue weighted by Crippen LogP contribution is 2.32. The Bertz CT molecular complexity index is 1080. The predicted octanol–water partition coefficient (Wildman–Crippen LogP) is 4.48. The Morgan fingerprint density at radius 2 is 2.00 bits per heavy atom. The molecule has 3 aromatic rings. The summed E-state index contributed by atoms with van der Waals surface area (Å²) >= 11 is 0. The first kappa shape index (κ1) is 22.0. The number of carbonyl (C=O) groups is 1. The van der Waals surface area contributed by atoms with Gasteiger partial charge in [0.05, 0.1) is 17.5 Å². The minimum Gasteiger partial charge on any atom is -0.436 e. The van der Waals surface area contributed by atoms with Crippen molar-refractivity contribution in [3.63, 3.8) is 0 Å². The van der Waals surface area contributed by atoms with Crippen LogP contribution in [0.5, 0.6) is 11.6 Å². The Labute approximate surface area is 185 Å². The number of halogens is 2. The second-order valence-electron chi connectivity index (χ2n) is 7.73. The molecule has 32 heavy (non-hydrogen) atoms. The Morgan fingerprint density at radius 3 is 2.72 bits per heavy atom. The van der Waals surface area contributed by atoms with Crippen LogP contribution in [0.15, 0.2) is 48.5 Å². The van der Waals surface area contributed by atoms with Crippen LogP contribution in [-0.4, -0.2) is 34.9 Å². The third-order valence-electron chi connectivity index (χ3n) is 5.40. The molecule has 6 nitrogen and oxygen atoms in total. The highest BCUT2D eigenvalue weighted by Gasteiger charge is 2.22. The van der Waals surface area contributed by atoms with E-state index in [0.29, 0.717) is 35.8 Å². The highest BCUT2D eigenvalue weighted by atomic mass is 19.1. The second kappa shape index (κ2) is 9.91. The third kappa shape index (κ3) is 5.13. The maximum atomic E-state index is 14.3. The van der Waals surface area contributed by atoms with Crippen LogP contribution in [0.3, 0.4) is 0 Å². The summed E-state index contributed by atoms with van der Waals surface area (Å²) < 4.78 is 40.7. The molecule has 2 aromatic carbocycles. The molecule has 0 spiro atoms. The zero-order valence-corrected chi connectivity index (χ0v) is 17.8. The Morgan fingerprint density at radius 1 is 1.22 bits per heavy atom. The lowest BCUT2D eigenvalue weighted by atomic mass is 10.1. The molecule has 0 aliphatic carbocycles. The van der Waals surface area contributed by atoms with Gasteiger partial charge in [-0.05, 0) is 62.6 Å². The smallest absolute Gasteiger partial charge is 0.226 e. The first-order valence-corrected chi connectivity index (χ1v) is 10.7. The minimum absolute atomic E-state index is 0.0415. The van der Waals surface area contributed by atoms with Crippen molar-refractivity contribution in [3.05, 3.63) is 71.4 Å². The van der Waals surface area contributed by atoms with Gasteiger partial charge in [-0.15, -0.1) is 0 Å². The Balaban J connectivity index is 1.56. The van der Waals surface area contributed by atoms with Crippen LogP contribution in [0.25, 0.3) is 5.69 Å². The summed E-state index contributed by atoms with van der Waals surface area (Å²) in [5.41, 5.74) is 1.90. The van der Waals surface area contributed by atoms with E-state index in [1.165, 1.54) is 28.9 Å². The monoisotopic (exact) mass is 441 g/mol. The molecule has 1 atom stereocenters. The molecular weight excluding hydrogens is 416 g/mol. The van der Waals surface area contributed by atoms with Gasteiger partial charge < -0.3 is 14.8 Å². The van der Waals surface area contributed by atoms with E-state index in [9.17, 15) is 13.6 Å². The lowest BCUT2D eigenvalue weighted by Crippen LogP contribution is -2.31. The first-order chi connectivity index (χ1) is 15.5. The molecule has 0 unspecified atom stereocenters. The number of para-hydroxylation sites is 1. The van der Waals surface area contributed by atoms with Gasteiger partial charge in [-0.25, -0.2) is 13.5 Å². The Kier molecular flexibility index (Phi) is 6.80. The van der Waals surface area contributed by atoms with Crippen molar-refractivity contribution in [2.45, 2.75) is 38.7 Å². The quantitative estimate of drug-likeness (QED) is 0.560. The molecule has 168 valence electrons. The molecule has 0 saturated carbocycles. The third-order valence-corrected chi connectivity index (χ3v) is 5.40. The molecule has 1 N–H and O–H groups in total. The van der Waals surface area contributed by atoms with Crippen molar-refractivity contribution in [1.82, 2.24) is 15.1 Å². The number of nitrogens with zero attached hydrogens (tertiary/aromatic N) is 2. The van der Waals surface area contributed by atoms with Gasteiger partial charge in [-0.1, -0.05) is 12.1 Å². The van der Waals surface area contributed by atoms with Crippen LogP contribution in [0.4, 0.5) is 8.78 Å². The predicted molar refractivity (Wildman–Crippen MR) is 115 cm³/mol. The molecule has 1 aliphatic heterocycles. The highest BCUT2D eigenvalue weighted by molar-refractivity contribution is 5.76. The molecule has 0 radical (unpaired) electrons. The van der Waals surface area contributed by atoms with Crippen LogP contribution in [0.1, 0.15) is 30.5 Å². The molecular formula is C24H25F2N3O3. The average Bonchev–Trinajstić information content (AvgIpc) is 3.41. The zero-order valence-electron chi connectivity index (χ0n) is 17.8. The molecule has 2 heterocycles. The van der Waals surface area contributed by atoms with Gasteiger partial charge in [0.15, 0.2) is 11.6 Å². The summed E-state index contributed by atoms with van der Waals surface area (Å²) in [5, 5.41) is 7.42. The number of aryl methyl sites for hydroxylation is 1. The van der Waals surface area contributed by atoms with Gasteiger partial charge in [0.25, 0.3) is 0 Å². The van der Waals surface area contributed by atoms with Crippen molar-refractivity contribution in [2.24, 2.45) is 0 Å². The number of benzene rings is 2. The number of aromatic nitrogens is 2. The number of carbonyl (C=O) groups excluding carboxylic acids is 1. The number of amides is 1. The summed E-state index contributed by atoms with van der Waals surface area (Å²) in [5.74, 6) is -0.660. The standard InChI is InChI=1S/C24H25F2N3O3/c1-16-20(12-13-23(30)27-15-19-5-4-14-31-19)24(32-22-7-3-2-6-21(22)26)29(28-16)18-10-8-17(25)9-11-18/h2-3,6-11,19H,4-5,12-15H2,1H3,(H,27,30)/t19-/m0/s1. The van der Waals surface area contributed by atoms with Gasteiger partial charge in [-0.2, -0.15) is 5.10 Å². The fraction of sp³-hybridized carbons (Fsp3) is 0.333. The zero-order chi connectivity index (χ0) is 22.5. The second-order valence-corrected chi connectivity index (χ2v) is 7.73. The average molecular weight is 441 g/mol. The lowest BCUT2D eigenvalue weighted by Gasteiger charge is -2.13. The van der Waals surface area contributed by atoms with E-state index in [0.717, 1.165) is 19.4 Å². The van der Waals surface area contributed by atoms with Gasteiger partial charge in [0, 0.05) is 25.1 Å². The van der Waals surface area contributed by atoms with Crippen LogP contribution in [0.2, 0.25) is 0 Å². The maximum Gasteiger partial charge on any atom is 0.226 e. The van der Waals surface area contributed by atoms with E-state index in [-0.39, 0.29) is 30.0 Å². The van der Waals surface area contributed by atoms with Crippen molar-refractivity contribution in [2.75, 3.05) is 13.2 Å². The Hall–Kier alpha value is -3.26. The largest absolute Gasteiger partial charge is 0.436 e. The minimum atomic E-state index is -0.516. The van der Waals surface area contributed by atoms with E-state index in [1.54, 1.807) is 31.2 Å². The topological polar surface area (TPSA) is 65.4 Å². The molecule has 1 aliphatic rings. The number of hydrogen-bond donors (Lipinski definition) is 1. The van der Waals surface area contributed by atoms with Crippen LogP contribution < -0.4 is 10.1 Å².